The van der Waals surface area contributed by atoms with E-state index in [0.29, 0.717) is 36.5 Å². The van der Waals surface area contributed by atoms with Crippen LogP contribution in [0.4, 0.5) is 0 Å². The molecule has 2 aromatic rings. The molecule has 7 heteroatoms. The van der Waals surface area contributed by atoms with Gasteiger partial charge in [-0.25, -0.2) is 4.98 Å². The summed E-state index contributed by atoms with van der Waals surface area (Å²) in [5, 5.41) is 3.27. The van der Waals surface area contributed by atoms with Crippen molar-refractivity contribution in [1.82, 2.24) is 24.7 Å². The van der Waals surface area contributed by atoms with E-state index in [0.717, 1.165) is 37.3 Å². The van der Waals surface area contributed by atoms with Gasteiger partial charge in [-0.15, -0.1) is 6.42 Å². The number of nitrogens with zero attached hydrogens (tertiary/aromatic N) is 4. The zero-order valence-electron chi connectivity index (χ0n) is 15.5. The summed E-state index contributed by atoms with van der Waals surface area (Å²) in [6.45, 7) is 3.58. The normalized spacial score (nSPS) is 20.8. The SMILES string of the molecule is C#Cc1ccc2c(c1)C(=O)N1CCCC1c1c(C(=O)N3CCNCC3)ncn1-2. The Morgan fingerprint density at radius 3 is 2.86 bits per heavy atom. The first-order valence-corrected chi connectivity index (χ1v) is 9.68. The number of hydrogen-bond donors (Lipinski definition) is 1. The van der Waals surface area contributed by atoms with Gasteiger partial charge >= 0.3 is 0 Å². The van der Waals surface area contributed by atoms with Gasteiger partial charge in [0.25, 0.3) is 11.8 Å². The van der Waals surface area contributed by atoms with Crippen molar-refractivity contribution in [3.05, 3.63) is 47.0 Å². The van der Waals surface area contributed by atoms with E-state index in [2.05, 4.69) is 16.2 Å². The first kappa shape index (κ1) is 17.0. The second-order valence-electron chi connectivity index (χ2n) is 7.42. The molecule has 3 aliphatic rings. The number of piperazine rings is 1. The standard InChI is InChI=1S/C21H21N5O2/c1-2-14-5-6-16-15(12-14)20(27)25-9-3-4-17(25)19-18(23-13-26(16)19)21(28)24-10-7-22-8-11-24/h1,5-6,12-13,17,22H,3-4,7-11H2. The molecule has 0 aliphatic carbocycles. The average molecular weight is 375 g/mol. The number of carbonyl (C=O) groups is 2. The fraction of sp³-hybridized carbons (Fsp3) is 0.381. The summed E-state index contributed by atoms with van der Waals surface area (Å²) in [5.74, 6) is 2.52. The summed E-state index contributed by atoms with van der Waals surface area (Å²) >= 11 is 0. The molecule has 1 N–H and O–H groups in total. The second kappa shape index (κ2) is 6.50. The highest BCUT2D eigenvalue weighted by Gasteiger charge is 2.40. The third kappa shape index (κ3) is 2.45. The van der Waals surface area contributed by atoms with E-state index in [1.165, 1.54) is 0 Å². The Kier molecular flexibility index (Phi) is 3.95. The van der Waals surface area contributed by atoms with E-state index in [1.54, 1.807) is 12.4 Å². The summed E-state index contributed by atoms with van der Waals surface area (Å²) in [6, 6.07) is 5.30. The van der Waals surface area contributed by atoms with Gasteiger partial charge in [0.1, 0.15) is 6.33 Å². The Balaban J connectivity index is 1.67. The third-order valence-electron chi connectivity index (χ3n) is 5.89. The first-order valence-electron chi connectivity index (χ1n) is 9.68. The van der Waals surface area contributed by atoms with Crippen LogP contribution < -0.4 is 5.32 Å². The van der Waals surface area contributed by atoms with E-state index in [9.17, 15) is 9.59 Å². The molecule has 28 heavy (non-hydrogen) atoms. The molecule has 0 radical (unpaired) electrons. The van der Waals surface area contributed by atoms with Gasteiger partial charge in [0.05, 0.1) is 23.0 Å². The topological polar surface area (TPSA) is 70.5 Å². The van der Waals surface area contributed by atoms with Crippen molar-refractivity contribution in [2.45, 2.75) is 18.9 Å². The van der Waals surface area contributed by atoms with Crippen LogP contribution in [0.25, 0.3) is 5.69 Å². The number of amides is 2. The second-order valence-corrected chi connectivity index (χ2v) is 7.42. The van der Waals surface area contributed by atoms with Crippen molar-refractivity contribution < 1.29 is 9.59 Å². The third-order valence-corrected chi connectivity index (χ3v) is 5.89. The van der Waals surface area contributed by atoms with Gasteiger partial charge in [-0.05, 0) is 31.0 Å². The van der Waals surface area contributed by atoms with Crippen LogP contribution in [-0.2, 0) is 0 Å². The number of aromatic nitrogens is 2. The lowest BCUT2D eigenvalue weighted by Crippen LogP contribution is -2.46. The van der Waals surface area contributed by atoms with Gasteiger partial charge in [-0.1, -0.05) is 5.92 Å². The molecular weight excluding hydrogens is 354 g/mol. The average Bonchev–Trinajstić information content (AvgIpc) is 3.37. The molecule has 2 fully saturated rings. The number of fused-ring (bicyclic) bond motifs is 5. The molecule has 7 nitrogen and oxygen atoms in total. The summed E-state index contributed by atoms with van der Waals surface area (Å²) in [5.41, 5.74) is 3.26. The fourth-order valence-electron chi connectivity index (χ4n) is 4.51. The maximum Gasteiger partial charge on any atom is 0.274 e. The lowest BCUT2D eigenvalue weighted by Gasteiger charge is -2.28. The summed E-state index contributed by atoms with van der Waals surface area (Å²) < 4.78 is 1.92. The molecule has 1 atom stereocenters. The maximum absolute atomic E-state index is 13.3. The lowest BCUT2D eigenvalue weighted by molar-refractivity contribution is 0.0703. The molecule has 1 aromatic heterocycles. The van der Waals surface area contributed by atoms with Crippen molar-refractivity contribution in [2.75, 3.05) is 32.7 Å². The number of hydrogen-bond acceptors (Lipinski definition) is 4. The van der Waals surface area contributed by atoms with Crippen LogP contribution >= 0.6 is 0 Å². The molecule has 0 spiro atoms. The van der Waals surface area contributed by atoms with Crippen molar-refractivity contribution in [3.63, 3.8) is 0 Å². The van der Waals surface area contributed by atoms with Crippen molar-refractivity contribution in [1.29, 1.82) is 0 Å². The van der Waals surface area contributed by atoms with E-state index in [1.807, 2.05) is 26.5 Å². The van der Waals surface area contributed by atoms with Gasteiger partial charge in [-0.2, -0.15) is 0 Å². The largest absolute Gasteiger partial charge is 0.335 e. The number of nitrogens with one attached hydrogen (secondary N) is 1. The highest BCUT2D eigenvalue weighted by Crippen LogP contribution is 2.40. The molecular formula is C21H21N5O2. The van der Waals surface area contributed by atoms with Crippen LogP contribution in [0.3, 0.4) is 0 Å². The maximum atomic E-state index is 13.3. The molecule has 0 saturated carbocycles. The van der Waals surface area contributed by atoms with E-state index in [-0.39, 0.29) is 17.9 Å². The van der Waals surface area contributed by atoms with Crippen molar-refractivity contribution in [3.8, 4) is 18.0 Å². The van der Waals surface area contributed by atoms with Crippen LogP contribution in [0.2, 0.25) is 0 Å². The highest BCUT2D eigenvalue weighted by atomic mass is 16.2. The minimum absolute atomic E-state index is 0.0288. The Morgan fingerprint density at radius 2 is 2.07 bits per heavy atom. The minimum Gasteiger partial charge on any atom is -0.335 e. The molecule has 142 valence electrons. The molecule has 3 aliphatic heterocycles. The Bertz CT molecular complexity index is 1010. The van der Waals surface area contributed by atoms with E-state index < -0.39 is 0 Å². The Labute approximate surface area is 163 Å². The zero-order chi connectivity index (χ0) is 19.3. The van der Waals surface area contributed by atoms with Gasteiger partial charge < -0.3 is 15.1 Å². The van der Waals surface area contributed by atoms with Crippen LogP contribution in [0.1, 0.15) is 51.0 Å². The van der Waals surface area contributed by atoms with E-state index >= 15 is 0 Å². The van der Waals surface area contributed by atoms with Gasteiger partial charge in [0, 0.05) is 38.3 Å². The molecule has 4 heterocycles. The van der Waals surface area contributed by atoms with Gasteiger partial charge in [-0.3, -0.25) is 14.2 Å². The van der Waals surface area contributed by atoms with Crippen LogP contribution in [0.15, 0.2) is 24.5 Å². The number of carbonyl (C=O) groups excluding carboxylic acids is 2. The predicted molar refractivity (Wildman–Crippen MR) is 103 cm³/mol. The Hall–Kier alpha value is -3.11. The summed E-state index contributed by atoms with van der Waals surface area (Å²) in [7, 11) is 0. The van der Waals surface area contributed by atoms with Crippen LogP contribution in [-0.4, -0.2) is 63.9 Å². The zero-order valence-corrected chi connectivity index (χ0v) is 15.5. The van der Waals surface area contributed by atoms with Gasteiger partial charge in [0.2, 0.25) is 0 Å². The molecule has 1 aromatic carbocycles. The first-order chi connectivity index (χ1) is 13.7. The van der Waals surface area contributed by atoms with Crippen molar-refractivity contribution in [2.24, 2.45) is 0 Å². The van der Waals surface area contributed by atoms with Crippen molar-refractivity contribution >= 4 is 11.8 Å². The highest BCUT2D eigenvalue weighted by molar-refractivity contribution is 6.00. The summed E-state index contributed by atoms with van der Waals surface area (Å²) in [6.07, 6.45) is 8.96. The Morgan fingerprint density at radius 1 is 1.25 bits per heavy atom. The lowest BCUT2D eigenvalue weighted by atomic mass is 10.1. The van der Waals surface area contributed by atoms with E-state index in [4.69, 9.17) is 6.42 Å². The number of benzene rings is 1. The summed E-state index contributed by atoms with van der Waals surface area (Å²) in [4.78, 5) is 34.7. The monoisotopic (exact) mass is 375 g/mol. The molecule has 0 bridgehead atoms. The fourth-order valence-corrected chi connectivity index (χ4v) is 4.51. The molecule has 1 unspecified atom stereocenters. The molecule has 2 amide bonds. The predicted octanol–water partition coefficient (Wildman–Crippen LogP) is 1.19. The van der Waals surface area contributed by atoms with Crippen LogP contribution in [0, 0.1) is 12.3 Å². The number of imidazole rings is 1. The van der Waals surface area contributed by atoms with Gasteiger partial charge in [0.15, 0.2) is 5.69 Å². The quantitative estimate of drug-likeness (QED) is 0.760. The molecule has 5 rings (SSSR count). The smallest absolute Gasteiger partial charge is 0.274 e. The van der Waals surface area contributed by atoms with Crippen LogP contribution in [0.5, 0.6) is 0 Å². The number of terminal acetylenes is 1. The minimum atomic E-state index is -0.140. The molecule has 2 saturated heterocycles. The number of rotatable bonds is 1.